The summed E-state index contributed by atoms with van der Waals surface area (Å²) in [6, 6.07) is 38.9. The van der Waals surface area contributed by atoms with Gasteiger partial charge in [0.15, 0.2) is 5.60 Å². The quantitative estimate of drug-likeness (QED) is 0.107. The van der Waals surface area contributed by atoms with Crippen LogP contribution in [0.25, 0.3) is 0 Å². The number of carbonyl (C=O) groups is 3. The molecule has 3 aliphatic heterocycles. The highest BCUT2D eigenvalue weighted by Gasteiger charge is 2.66. The number of benzene rings is 5. The molecule has 3 aliphatic rings. The van der Waals surface area contributed by atoms with E-state index in [0.29, 0.717) is 18.7 Å². The monoisotopic (exact) mass is 857 g/mol. The highest BCUT2D eigenvalue weighted by molar-refractivity contribution is 9.10. The van der Waals surface area contributed by atoms with Crippen LogP contribution < -0.4 is 19.7 Å². The second-order valence-electron chi connectivity index (χ2n) is 16.2. The van der Waals surface area contributed by atoms with E-state index < -0.39 is 19.8 Å². The van der Waals surface area contributed by atoms with Gasteiger partial charge in [0, 0.05) is 33.9 Å². The van der Waals surface area contributed by atoms with Gasteiger partial charge in [-0.05, 0) is 83.2 Å². The first kappa shape index (κ1) is 39.7. The maximum absolute atomic E-state index is 15.5. The molecule has 0 radical (unpaired) electrons. The minimum Gasteiger partial charge on any atom is -0.497 e. The van der Waals surface area contributed by atoms with Crippen LogP contribution in [0.5, 0.6) is 5.75 Å². The van der Waals surface area contributed by atoms with Gasteiger partial charge in [0.05, 0.1) is 52.6 Å². The summed E-state index contributed by atoms with van der Waals surface area (Å²) in [6.07, 6.45) is 0.856. The first-order chi connectivity index (χ1) is 28.0. The van der Waals surface area contributed by atoms with Crippen molar-refractivity contribution in [1.29, 1.82) is 0 Å². The number of ether oxygens (including phenoxy) is 2. The van der Waals surface area contributed by atoms with Crippen LogP contribution in [-0.4, -0.2) is 62.2 Å². The highest BCUT2D eigenvalue weighted by atomic mass is 79.9. The molecule has 58 heavy (non-hydrogen) atoms. The predicted octanol–water partition coefficient (Wildman–Crippen LogP) is 7.85. The Morgan fingerprint density at radius 2 is 1.66 bits per heavy atom. The summed E-state index contributed by atoms with van der Waals surface area (Å²) >= 11 is 3.71. The van der Waals surface area contributed by atoms with Crippen LogP contribution in [0.2, 0.25) is 18.6 Å². The lowest BCUT2D eigenvalue weighted by Crippen LogP contribution is -2.52. The average molecular weight is 859 g/mol. The summed E-state index contributed by atoms with van der Waals surface area (Å²) in [4.78, 5) is 47.7. The Kier molecular flexibility index (Phi) is 10.9. The predicted molar refractivity (Wildman–Crippen MR) is 232 cm³/mol. The Balaban J connectivity index is 1.18. The third-order valence-corrected chi connectivity index (χ3v) is 17.6. The summed E-state index contributed by atoms with van der Waals surface area (Å²) in [5, 5.41) is 11.7. The Labute approximate surface area is 349 Å². The van der Waals surface area contributed by atoms with E-state index in [-0.39, 0.29) is 48.9 Å². The van der Waals surface area contributed by atoms with Gasteiger partial charge >= 0.3 is 0 Å². The van der Waals surface area contributed by atoms with Crippen molar-refractivity contribution in [3.05, 3.63) is 148 Å². The Morgan fingerprint density at radius 1 is 0.948 bits per heavy atom. The number of carbonyl (C=O) groups excluding carboxylic acids is 3. The second kappa shape index (κ2) is 15.9. The van der Waals surface area contributed by atoms with Gasteiger partial charge in [-0.2, -0.15) is 0 Å². The van der Waals surface area contributed by atoms with Gasteiger partial charge in [0.2, 0.25) is 12.3 Å². The molecular formula is C47H48BrN3O6Si. The number of nitrogens with zero attached hydrogens (tertiary/aromatic N) is 3. The first-order valence-corrected chi connectivity index (χ1v) is 23.7. The number of para-hydroxylation sites is 1. The van der Waals surface area contributed by atoms with E-state index in [1.165, 1.54) is 5.19 Å². The van der Waals surface area contributed by atoms with E-state index in [0.717, 1.165) is 50.3 Å². The standard InChI is InChI=1S/C47H48BrN3O6Si/c1-31-45(58(3,4)40-20-18-39(56-2)19-21-40)43(26-44(54)49-28-34-13-9-8-12-33(34)24-38(49)29-52)57-47(31)41-25-35(48)17-22-42(41)50(46(47)55)27-32-11-10-16-37(23-32)51(30-53)36-14-6-5-7-15-36/h5-23,25,30-31,38,43,45,52H,24,26-29H2,1-4H3/t31-,38-,43+,45-,47+/m0/s1. The second-order valence-corrected chi connectivity index (χ2v) is 21.8. The van der Waals surface area contributed by atoms with Crippen molar-refractivity contribution in [2.24, 2.45) is 5.92 Å². The molecule has 0 bridgehead atoms. The fraction of sp³-hybridized carbons (Fsp3) is 0.298. The fourth-order valence-corrected chi connectivity index (χ4v) is 14.2. The zero-order chi connectivity index (χ0) is 40.8. The number of hydrogen-bond donors (Lipinski definition) is 1. The Bertz CT molecular complexity index is 2340. The van der Waals surface area contributed by atoms with Crippen molar-refractivity contribution in [1.82, 2.24) is 4.90 Å². The summed E-state index contributed by atoms with van der Waals surface area (Å²) in [5.41, 5.74) is 4.50. The lowest BCUT2D eigenvalue weighted by Gasteiger charge is -2.39. The van der Waals surface area contributed by atoms with Gasteiger partial charge in [-0.3, -0.25) is 19.3 Å². The van der Waals surface area contributed by atoms with Crippen LogP contribution in [0.3, 0.4) is 0 Å². The van der Waals surface area contributed by atoms with Crippen LogP contribution in [0, 0.1) is 5.92 Å². The summed E-state index contributed by atoms with van der Waals surface area (Å²) in [7, 11) is -0.888. The maximum Gasteiger partial charge on any atom is 0.264 e. The number of aliphatic hydroxyl groups excluding tert-OH is 1. The number of halogens is 1. The molecule has 11 heteroatoms. The number of aliphatic hydroxyl groups is 1. The minimum atomic E-state index is -2.54. The van der Waals surface area contributed by atoms with Crippen molar-refractivity contribution in [2.45, 2.75) is 69.2 Å². The number of methoxy groups -OCH3 is 1. The zero-order valence-corrected chi connectivity index (χ0v) is 35.8. The molecule has 0 saturated carbocycles. The molecule has 298 valence electrons. The molecule has 5 atom stereocenters. The maximum atomic E-state index is 15.5. The number of anilines is 3. The molecule has 0 unspecified atom stereocenters. The summed E-state index contributed by atoms with van der Waals surface area (Å²) in [5.74, 6) is 0.176. The van der Waals surface area contributed by atoms with E-state index in [2.05, 4.69) is 54.1 Å². The molecule has 0 aliphatic carbocycles. The summed E-state index contributed by atoms with van der Waals surface area (Å²) in [6.45, 7) is 7.24. The van der Waals surface area contributed by atoms with Gasteiger partial charge in [-0.15, -0.1) is 0 Å². The third kappa shape index (κ3) is 6.87. The van der Waals surface area contributed by atoms with Gasteiger partial charge in [-0.25, -0.2) is 0 Å². The van der Waals surface area contributed by atoms with E-state index in [4.69, 9.17) is 9.47 Å². The average Bonchev–Trinajstić information content (AvgIpc) is 3.66. The Hall–Kier alpha value is -5.07. The van der Waals surface area contributed by atoms with Crippen molar-refractivity contribution in [3.63, 3.8) is 0 Å². The topological polar surface area (TPSA) is 99.6 Å². The molecule has 8 rings (SSSR count). The minimum absolute atomic E-state index is 0.0711. The first-order valence-electron chi connectivity index (χ1n) is 19.8. The molecule has 3 amide bonds. The molecule has 1 N–H and O–H groups in total. The van der Waals surface area contributed by atoms with Crippen LogP contribution in [0.4, 0.5) is 17.1 Å². The number of amides is 3. The smallest absolute Gasteiger partial charge is 0.264 e. The normalized spacial score (nSPS) is 22.5. The van der Waals surface area contributed by atoms with Crippen LogP contribution in [-0.2, 0) is 44.2 Å². The Morgan fingerprint density at radius 3 is 2.36 bits per heavy atom. The van der Waals surface area contributed by atoms with Gasteiger partial charge < -0.3 is 24.4 Å². The van der Waals surface area contributed by atoms with E-state index in [9.17, 15) is 14.7 Å². The van der Waals surface area contributed by atoms with Crippen molar-refractivity contribution < 1.29 is 29.0 Å². The lowest BCUT2D eigenvalue weighted by atomic mass is 9.82. The van der Waals surface area contributed by atoms with Crippen LogP contribution in [0.15, 0.2) is 126 Å². The van der Waals surface area contributed by atoms with Crippen molar-refractivity contribution in [2.75, 3.05) is 23.5 Å². The molecule has 5 aromatic rings. The third-order valence-electron chi connectivity index (χ3n) is 12.7. The molecule has 9 nitrogen and oxygen atoms in total. The highest BCUT2D eigenvalue weighted by Crippen LogP contribution is 2.60. The van der Waals surface area contributed by atoms with E-state index in [1.54, 1.807) is 21.8 Å². The van der Waals surface area contributed by atoms with E-state index >= 15 is 4.79 Å². The van der Waals surface area contributed by atoms with Crippen LogP contribution in [0.1, 0.15) is 35.6 Å². The summed E-state index contributed by atoms with van der Waals surface area (Å²) < 4.78 is 13.7. The molecule has 1 saturated heterocycles. The van der Waals surface area contributed by atoms with Crippen LogP contribution >= 0.6 is 15.9 Å². The van der Waals surface area contributed by atoms with Crippen molar-refractivity contribution in [3.8, 4) is 5.75 Å². The fourth-order valence-electron chi connectivity index (χ4n) is 9.82. The molecule has 3 heterocycles. The van der Waals surface area contributed by atoms with Crippen molar-refractivity contribution >= 4 is 64.5 Å². The molecule has 1 spiro atoms. The lowest BCUT2D eigenvalue weighted by molar-refractivity contribution is -0.151. The SMILES string of the molecule is COc1ccc([Si](C)(C)[C@@H]2[C@@H](CC(=O)N3Cc4ccccc4C[C@H]3CO)O[C@]3(C(=O)N(Cc4cccc(N(C=O)c5ccccc5)c4)c4ccc(Br)cc43)[C@H]2C)cc1. The number of hydrogen-bond acceptors (Lipinski definition) is 6. The van der Waals surface area contributed by atoms with Gasteiger partial charge in [0.25, 0.3) is 5.91 Å². The molecular weight excluding hydrogens is 811 g/mol. The molecule has 5 aromatic carbocycles. The van der Waals surface area contributed by atoms with Gasteiger partial charge in [0.1, 0.15) is 5.75 Å². The molecule has 1 fully saturated rings. The largest absolute Gasteiger partial charge is 0.497 e. The number of fused-ring (bicyclic) bond motifs is 3. The van der Waals surface area contributed by atoms with E-state index in [1.807, 2.05) is 103 Å². The zero-order valence-electron chi connectivity index (χ0n) is 33.2. The van der Waals surface area contributed by atoms with Gasteiger partial charge in [-0.1, -0.05) is 108 Å². The molecule has 0 aromatic heterocycles. The number of rotatable bonds is 11.